The van der Waals surface area contributed by atoms with E-state index in [2.05, 4.69) is 68.2 Å². The van der Waals surface area contributed by atoms with Crippen LogP contribution in [-0.2, 0) is 4.79 Å². The van der Waals surface area contributed by atoms with E-state index in [0.29, 0.717) is 6.42 Å². The van der Waals surface area contributed by atoms with Gasteiger partial charge < -0.3 is 0 Å². The largest absolute Gasteiger partial charge is 0.288 e. The van der Waals surface area contributed by atoms with Crippen LogP contribution in [0.5, 0.6) is 0 Å². The summed E-state index contributed by atoms with van der Waals surface area (Å²) in [6.45, 7) is 2.24. The zero-order valence-electron chi connectivity index (χ0n) is 14.0. The molecular formula is C20H32OS. The normalized spacial score (nSPS) is 12.5. The number of carbonyl (C=O) groups excluding carboxylic acids is 1. The Labute approximate surface area is 142 Å². The average Bonchev–Trinajstić information content (AvgIpc) is 2.50. The maximum Gasteiger partial charge on any atom is 0.185 e. The summed E-state index contributed by atoms with van der Waals surface area (Å²) in [5.41, 5.74) is 0. The molecule has 0 aliphatic rings. The molecule has 124 valence electrons. The van der Waals surface area contributed by atoms with E-state index >= 15 is 0 Å². The molecule has 0 aromatic rings. The first kappa shape index (κ1) is 21.0. The summed E-state index contributed by atoms with van der Waals surface area (Å²) in [4.78, 5) is 10.6. The Balaban J connectivity index is 3.40. The summed E-state index contributed by atoms with van der Waals surface area (Å²) in [5.74, 6) is 0. The van der Waals surface area contributed by atoms with Crippen LogP contribution in [0.15, 0.2) is 48.6 Å². The van der Waals surface area contributed by atoms with E-state index in [1.807, 2.05) is 0 Å². The number of allylic oxidation sites excluding steroid dienone is 8. The Morgan fingerprint density at radius 1 is 0.727 bits per heavy atom. The molecule has 2 heteroatoms. The number of hydrogen-bond donors (Lipinski definition) is 1. The number of rotatable bonds is 14. The van der Waals surface area contributed by atoms with E-state index in [0.717, 1.165) is 32.1 Å². The molecule has 0 radical (unpaired) electrons. The van der Waals surface area contributed by atoms with Crippen molar-refractivity contribution in [2.75, 3.05) is 0 Å². The summed E-state index contributed by atoms with van der Waals surface area (Å²) >= 11 is 3.74. The highest BCUT2D eigenvalue weighted by molar-refractivity contribution is 7.96. The van der Waals surface area contributed by atoms with Gasteiger partial charge in [0.15, 0.2) is 5.12 Å². The standard InChI is InChI=1S/C20H32OS/c1-2-3-4-5-6-7-8-9-10-11-12-13-14-15-16-17-18-19-20(21)22/h6-7,9-10,12-13,15-16H,2-5,8,11,14,17-19H2,1H3,(H,21,22)/b7-6-,10-9-,13-12-,16-15-. The van der Waals surface area contributed by atoms with Crippen LogP contribution in [0, 0.1) is 0 Å². The fourth-order valence-corrected chi connectivity index (χ4v) is 2.09. The number of thiol groups is 1. The van der Waals surface area contributed by atoms with Gasteiger partial charge in [-0.1, -0.05) is 68.4 Å². The SMILES string of the molecule is CCCCC/C=C\C/C=C\C/C=C\C/C=C\CCCC(=O)S. The van der Waals surface area contributed by atoms with Crippen LogP contribution in [0.25, 0.3) is 0 Å². The van der Waals surface area contributed by atoms with Crippen molar-refractivity contribution in [1.29, 1.82) is 0 Å². The summed E-state index contributed by atoms with van der Waals surface area (Å²) < 4.78 is 0. The van der Waals surface area contributed by atoms with Crippen molar-refractivity contribution < 1.29 is 4.79 Å². The minimum Gasteiger partial charge on any atom is -0.288 e. The van der Waals surface area contributed by atoms with Gasteiger partial charge >= 0.3 is 0 Å². The lowest BCUT2D eigenvalue weighted by Crippen LogP contribution is -1.83. The Hall–Kier alpha value is -1.02. The van der Waals surface area contributed by atoms with E-state index in [4.69, 9.17) is 0 Å². The van der Waals surface area contributed by atoms with E-state index < -0.39 is 0 Å². The summed E-state index contributed by atoms with van der Waals surface area (Å²) in [7, 11) is 0. The second kappa shape index (κ2) is 18.0. The molecule has 0 unspecified atom stereocenters. The molecule has 0 atom stereocenters. The maximum atomic E-state index is 10.6. The molecule has 0 saturated carbocycles. The third-order valence-corrected chi connectivity index (χ3v) is 3.44. The van der Waals surface area contributed by atoms with Crippen molar-refractivity contribution in [3.63, 3.8) is 0 Å². The van der Waals surface area contributed by atoms with Crippen LogP contribution in [0.2, 0.25) is 0 Å². The van der Waals surface area contributed by atoms with Crippen molar-refractivity contribution in [1.82, 2.24) is 0 Å². The van der Waals surface area contributed by atoms with Crippen molar-refractivity contribution in [3.05, 3.63) is 48.6 Å². The summed E-state index contributed by atoms with van der Waals surface area (Å²) in [6.07, 6.45) is 28.3. The second-order valence-electron chi connectivity index (χ2n) is 5.37. The lowest BCUT2D eigenvalue weighted by Gasteiger charge is -1.90. The van der Waals surface area contributed by atoms with Gasteiger partial charge in [-0.25, -0.2) is 0 Å². The van der Waals surface area contributed by atoms with Gasteiger partial charge in [0.05, 0.1) is 0 Å². The molecule has 0 N–H and O–H groups in total. The molecule has 0 bridgehead atoms. The first-order valence-corrected chi connectivity index (χ1v) is 9.03. The molecule has 0 aliphatic heterocycles. The smallest absolute Gasteiger partial charge is 0.185 e. The molecule has 0 aromatic heterocycles. The molecule has 0 saturated heterocycles. The monoisotopic (exact) mass is 320 g/mol. The molecule has 0 fully saturated rings. The fraction of sp³-hybridized carbons (Fsp3) is 0.550. The molecular weight excluding hydrogens is 288 g/mol. The minimum atomic E-state index is -0.0177. The van der Waals surface area contributed by atoms with Crippen molar-refractivity contribution in [2.45, 2.75) is 71.1 Å². The highest BCUT2D eigenvalue weighted by Gasteiger charge is 1.90. The van der Waals surface area contributed by atoms with Gasteiger partial charge in [0.1, 0.15) is 0 Å². The molecule has 0 aromatic carbocycles. The van der Waals surface area contributed by atoms with Crippen LogP contribution < -0.4 is 0 Å². The molecule has 0 spiro atoms. The highest BCUT2D eigenvalue weighted by Crippen LogP contribution is 2.02. The fourth-order valence-electron chi connectivity index (χ4n) is 1.93. The van der Waals surface area contributed by atoms with Crippen LogP contribution in [0.3, 0.4) is 0 Å². The second-order valence-corrected chi connectivity index (χ2v) is 5.87. The van der Waals surface area contributed by atoms with Crippen LogP contribution >= 0.6 is 12.6 Å². The molecule has 0 amide bonds. The van der Waals surface area contributed by atoms with Crippen LogP contribution in [-0.4, -0.2) is 5.12 Å². The van der Waals surface area contributed by atoms with Crippen LogP contribution in [0.1, 0.15) is 71.1 Å². The Bertz CT molecular complexity index is 364. The van der Waals surface area contributed by atoms with E-state index in [1.165, 1.54) is 25.7 Å². The highest BCUT2D eigenvalue weighted by atomic mass is 32.1. The predicted molar refractivity (Wildman–Crippen MR) is 102 cm³/mol. The molecule has 22 heavy (non-hydrogen) atoms. The van der Waals surface area contributed by atoms with E-state index in [1.54, 1.807) is 0 Å². The first-order valence-electron chi connectivity index (χ1n) is 8.59. The van der Waals surface area contributed by atoms with Crippen LogP contribution in [0.4, 0.5) is 0 Å². The van der Waals surface area contributed by atoms with Gasteiger partial charge in [0.2, 0.25) is 0 Å². The topological polar surface area (TPSA) is 17.1 Å². The number of hydrogen-bond acceptors (Lipinski definition) is 1. The third kappa shape index (κ3) is 19.0. The lowest BCUT2D eigenvalue weighted by molar-refractivity contribution is -0.110. The Morgan fingerprint density at radius 2 is 1.18 bits per heavy atom. The zero-order chi connectivity index (χ0) is 16.3. The molecule has 0 rings (SSSR count). The van der Waals surface area contributed by atoms with Crippen molar-refractivity contribution in [2.24, 2.45) is 0 Å². The van der Waals surface area contributed by atoms with Crippen molar-refractivity contribution in [3.8, 4) is 0 Å². The van der Waals surface area contributed by atoms with E-state index in [9.17, 15) is 4.79 Å². The first-order chi connectivity index (χ1) is 10.8. The molecule has 0 heterocycles. The molecule has 1 nitrogen and oxygen atoms in total. The zero-order valence-corrected chi connectivity index (χ0v) is 14.9. The van der Waals surface area contributed by atoms with Gasteiger partial charge in [0, 0.05) is 6.42 Å². The average molecular weight is 321 g/mol. The van der Waals surface area contributed by atoms with E-state index in [-0.39, 0.29) is 5.12 Å². The Morgan fingerprint density at radius 3 is 1.64 bits per heavy atom. The minimum absolute atomic E-state index is 0.0177. The number of unbranched alkanes of at least 4 members (excludes halogenated alkanes) is 4. The van der Waals surface area contributed by atoms with Gasteiger partial charge in [-0.05, 0) is 44.9 Å². The summed E-state index contributed by atoms with van der Waals surface area (Å²) in [6, 6.07) is 0. The third-order valence-electron chi connectivity index (χ3n) is 3.22. The number of carbonyl (C=O) groups is 1. The predicted octanol–water partition coefficient (Wildman–Crippen LogP) is 6.59. The van der Waals surface area contributed by atoms with Gasteiger partial charge in [-0.15, -0.1) is 12.6 Å². The van der Waals surface area contributed by atoms with Crippen molar-refractivity contribution >= 4 is 17.7 Å². The maximum absolute atomic E-state index is 10.6. The lowest BCUT2D eigenvalue weighted by atomic mass is 10.2. The Kier molecular flexibility index (Phi) is 17.2. The quantitative estimate of drug-likeness (QED) is 0.217. The molecule has 0 aliphatic carbocycles. The van der Waals surface area contributed by atoms with Gasteiger partial charge in [0.25, 0.3) is 0 Å². The van der Waals surface area contributed by atoms with Gasteiger partial charge in [-0.3, -0.25) is 4.79 Å². The van der Waals surface area contributed by atoms with Gasteiger partial charge in [-0.2, -0.15) is 0 Å². The summed E-state index contributed by atoms with van der Waals surface area (Å²) in [5, 5.41) is -0.0177.